The average Bonchev–Trinajstić information content (AvgIpc) is 2.11. The first-order valence-corrected chi connectivity index (χ1v) is 5.39. The highest BCUT2D eigenvalue weighted by Crippen LogP contribution is 2.40. The third kappa shape index (κ3) is 1.64. The Hall–Kier alpha value is -0.370. The third-order valence-electron chi connectivity index (χ3n) is 3.62. The quantitative estimate of drug-likeness (QED) is 0.574. The van der Waals surface area contributed by atoms with Crippen LogP contribution in [0.15, 0.2) is 0 Å². The van der Waals surface area contributed by atoms with Crippen LogP contribution in [0.4, 0.5) is 0 Å². The fourth-order valence-electron chi connectivity index (χ4n) is 2.71. The highest BCUT2D eigenvalue weighted by atomic mass is 16.5. The number of hydrogen-bond donors (Lipinski definition) is 0. The molecule has 2 unspecified atom stereocenters. The number of ketones is 1. The summed E-state index contributed by atoms with van der Waals surface area (Å²) < 4.78 is 5.87. The van der Waals surface area contributed by atoms with Crippen LogP contribution in [0.3, 0.4) is 0 Å². The van der Waals surface area contributed by atoms with Crippen LogP contribution in [-0.2, 0) is 9.53 Å². The van der Waals surface area contributed by atoms with Crippen LogP contribution in [0.5, 0.6) is 0 Å². The van der Waals surface area contributed by atoms with Crippen molar-refractivity contribution >= 4 is 5.78 Å². The largest absolute Gasteiger partial charge is 0.374 e. The molecule has 74 valence electrons. The first-order valence-electron chi connectivity index (χ1n) is 5.39. The minimum Gasteiger partial charge on any atom is -0.374 e. The van der Waals surface area contributed by atoms with Crippen LogP contribution in [0.1, 0.15) is 45.4 Å². The maximum atomic E-state index is 11.4. The predicted octanol–water partition coefficient (Wildman–Crippen LogP) is 2.31. The van der Waals surface area contributed by atoms with Crippen molar-refractivity contribution in [3.63, 3.8) is 0 Å². The Kier molecular flexibility index (Phi) is 2.41. The maximum absolute atomic E-state index is 11.4. The lowest BCUT2D eigenvalue weighted by atomic mass is 9.73. The van der Waals surface area contributed by atoms with Gasteiger partial charge in [0.25, 0.3) is 0 Å². The lowest BCUT2D eigenvalue weighted by Gasteiger charge is -2.44. The van der Waals surface area contributed by atoms with Crippen LogP contribution in [0.25, 0.3) is 0 Å². The summed E-state index contributed by atoms with van der Waals surface area (Å²) in [5.74, 6) is 0.977. The number of ether oxygens (including phenoxy) is 1. The Morgan fingerprint density at radius 3 is 3.00 bits per heavy atom. The van der Waals surface area contributed by atoms with E-state index in [0.29, 0.717) is 18.1 Å². The number of rotatable bonds is 0. The Bertz CT molecular complexity index is 208. The molecule has 0 aromatic heterocycles. The van der Waals surface area contributed by atoms with Crippen LogP contribution in [0.2, 0.25) is 0 Å². The van der Waals surface area contributed by atoms with Gasteiger partial charge in [-0.05, 0) is 31.6 Å². The van der Waals surface area contributed by atoms with Gasteiger partial charge >= 0.3 is 0 Å². The van der Waals surface area contributed by atoms with E-state index in [9.17, 15) is 4.79 Å². The van der Waals surface area contributed by atoms with Crippen molar-refractivity contribution in [1.82, 2.24) is 0 Å². The fraction of sp³-hybridized carbons (Fsp3) is 0.909. The van der Waals surface area contributed by atoms with Crippen molar-refractivity contribution in [3.05, 3.63) is 0 Å². The van der Waals surface area contributed by atoms with Gasteiger partial charge in [0, 0.05) is 19.4 Å². The summed E-state index contributed by atoms with van der Waals surface area (Å²) in [4.78, 5) is 11.4. The van der Waals surface area contributed by atoms with Gasteiger partial charge in [0.1, 0.15) is 5.78 Å². The van der Waals surface area contributed by atoms with Gasteiger partial charge in [0.05, 0.1) is 5.60 Å². The van der Waals surface area contributed by atoms with Gasteiger partial charge < -0.3 is 4.74 Å². The smallest absolute Gasteiger partial charge is 0.135 e. The molecule has 0 bridgehead atoms. The Labute approximate surface area is 79.7 Å². The summed E-state index contributed by atoms with van der Waals surface area (Å²) in [6, 6.07) is 0. The number of hydrogen-bond acceptors (Lipinski definition) is 2. The summed E-state index contributed by atoms with van der Waals surface area (Å²) >= 11 is 0. The molecule has 0 aromatic carbocycles. The van der Waals surface area contributed by atoms with Crippen LogP contribution in [-0.4, -0.2) is 18.0 Å². The normalized spacial score (nSPS) is 41.0. The third-order valence-corrected chi connectivity index (χ3v) is 3.62. The molecule has 2 fully saturated rings. The monoisotopic (exact) mass is 182 g/mol. The molecule has 2 heteroatoms. The van der Waals surface area contributed by atoms with Crippen molar-refractivity contribution in [2.45, 2.75) is 51.0 Å². The first kappa shape index (κ1) is 9.20. The average molecular weight is 182 g/mol. The second-order valence-corrected chi connectivity index (χ2v) is 4.53. The summed E-state index contributed by atoms with van der Waals surface area (Å²) in [7, 11) is 0. The lowest BCUT2D eigenvalue weighted by molar-refractivity contribution is -0.152. The van der Waals surface area contributed by atoms with Gasteiger partial charge in [0.15, 0.2) is 0 Å². The van der Waals surface area contributed by atoms with Gasteiger partial charge in [-0.25, -0.2) is 0 Å². The molecule has 1 aliphatic heterocycles. The van der Waals surface area contributed by atoms with Crippen molar-refractivity contribution in [2.24, 2.45) is 5.92 Å². The van der Waals surface area contributed by atoms with Crippen LogP contribution in [0, 0.1) is 5.92 Å². The van der Waals surface area contributed by atoms with Gasteiger partial charge in [-0.1, -0.05) is 6.92 Å². The Morgan fingerprint density at radius 1 is 1.46 bits per heavy atom. The van der Waals surface area contributed by atoms with E-state index in [0.717, 1.165) is 32.3 Å². The SMILES string of the molecule is CC1CCCOC12CCCC(=O)C2. The van der Waals surface area contributed by atoms with Crippen LogP contribution < -0.4 is 0 Å². The molecule has 1 aliphatic carbocycles. The molecular formula is C11H18O2. The zero-order valence-electron chi connectivity index (χ0n) is 8.34. The number of carbonyl (C=O) groups excluding carboxylic acids is 1. The van der Waals surface area contributed by atoms with Gasteiger partial charge in [-0.2, -0.15) is 0 Å². The predicted molar refractivity (Wildman–Crippen MR) is 50.6 cm³/mol. The first-order chi connectivity index (χ1) is 6.23. The molecule has 13 heavy (non-hydrogen) atoms. The highest BCUT2D eigenvalue weighted by Gasteiger charge is 2.42. The van der Waals surface area contributed by atoms with E-state index in [2.05, 4.69) is 6.92 Å². The van der Waals surface area contributed by atoms with E-state index >= 15 is 0 Å². The molecule has 1 saturated heterocycles. The molecule has 1 heterocycles. The standard InChI is InChI=1S/C11H18O2/c1-9-4-3-7-13-11(9)6-2-5-10(12)8-11/h9H,2-8H2,1H3. The van der Waals surface area contributed by atoms with Crippen molar-refractivity contribution in [2.75, 3.05) is 6.61 Å². The number of carbonyl (C=O) groups is 1. The molecule has 2 rings (SSSR count). The number of Topliss-reactive ketones (excluding diaryl/α,β-unsaturated/α-hetero) is 1. The van der Waals surface area contributed by atoms with E-state index in [1.54, 1.807) is 0 Å². The second kappa shape index (κ2) is 3.41. The molecule has 1 saturated carbocycles. The molecule has 0 radical (unpaired) electrons. The van der Waals surface area contributed by atoms with Crippen molar-refractivity contribution in [1.29, 1.82) is 0 Å². The van der Waals surface area contributed by atoms with Crippen molar-refractivity contribution < 1.29 is 9.53 Å². The zero-order chi connectivity index (χ0) is 9.31. The fourth-order valence-corrected chi connectivity index (χ4v) is 2.71. The minimum absolute atomic E-state index is 0.0619. The highest BCUT2D eigenvalue weighted by molar-refractivity contribution is 5.80. The summed E-state index contributed by atoms with van der Waals surface area (Å²) in [6.07, 6.45) is 5.97. The van der Waals surface area contributed by atoms with E-state index in [-0.39, 0.29) is 5.60 Å². The second-order valence-electron chi connectivity index (χ2n) is 4.53. The topological polar surface area (TPSA) is 26.3 Å². The van der Waals surface area contributed by atoms with E-state index in [4.69, 9.17) is 4.74 Å². The molecule has 0 amide bonds. The Morgan fingerprint density at radius 2 is 2.31 bits per heavy atom. The van der Waals surface area contributed by atoms with Gasteiger partial charge in [-0.15, -0.1) is 0 Å². The summed E-state index contributed by atoms with van der Waals surface area (Å²) in [5.41, 5.74) is -0.0619. The molecule has 0 aromatic rings. The molecular weight excluding hydrogens is 164 g/mol. The van der Waals surface area contributed by atoms with Gasteiger partial charge in [-0.3, -0.25) is 4.79 Å². The molecule has 1 spiro atoms. The lowest BCUT2D eigenvalue weighted by Crippen LogP contribution is -2.47. The summed E-state index contributed by atoms with van der Waals surface area (Å²) in [6.45, 7) is 3.09. The molecule has 0 N–H and O–H groups in total. The van der Waals surface area contributed by atoms with Crippen molar-refractivity contribution in [3.8, 4) is 0 Å². The minimum atomic E-state index is -0.0619. The molecule has 2 atom stereocenters. The zero-order valence-corrected chi connectivity index (χ0v) is 8.34. The summed E-state index contributed by atoms with van der Waals surface area (Å²) in [5, 5.41) is 0. The van der Waals surface area contributed by atoms with Crippen LogP contribution >= 0.6 is 0 Å². The van der Waals surface area contributed by atoms with E-state index in [1.165, 1.54) is 6.42 Å². The van der Waals surface area contributed by atoms with Gasteiger partial charge in [0.2, 0.25) is 0 Å². The molecule has 2 nitrogen and oxygen atoms in total. The molecule has 2 aliphatic rings. The van der Waals surface area contributed by atoms with E-state index < -0.39 is 0 Å². The van der Waals surface area contributed by atoms with E-state index in [1.807, 2.05) is 0 Å². The maximum Gasteiger partial charge on any atom is 0.135 e. The Balaban J connectivity index is 2.11.